The zero-order valence-corrected chi connectivity index (χ0v) is 12.7. The predicted molar refractivity (Wildman–Crippen MR) is 85.3 cm³/mol. The third kappa shape index (κ3) is 3.42. The van der Waals surface area contributed by atoms with E-state index in [9.17, 15) is 22.4 Å². The average molecular weight is 351 g/mol. The maximum Gasteiger partial charge on any atom is 0.416 e. The van der Waals surface area contributed by atoms with Crippen LogP contribution < -0.4 is 11.1 Å². The van der Waals surface area contributed by atoms with Crippen molar-refractivity contribution in [2.45, 2.75) is 12.7 Å². The van der Waals surface area contributed by atoms with Gasteiger partial charge in [-0.05, 0) is 29.8 Å². The number of nitrogens with one attached hydrogen (secondary N) is 2. The van der Waals surface area contributed by atoms with Crippen molar-refractivity contribution in [3.63, 3.8) is 0 Å². The number of amides is 1. The molecule has 0 fully saturated rings. The number of aromatic amines is 1. The van der Waals surface area contributed by atoms with Gasteiger partial charge in [0.25, 0.3) is 5.91 Å². The fraction of sp³-hybridized carbons (Fsp3) is 0.118. The molecule has 0 aliphatic carbocycles. The summed E-state index contributed by atoms with van der Waals surface area (Å²) in [5, 5.41) is 2.91. The standard InChI is InChI=1S/C17H13F4N3O/c18-11-4-1-9(2-5-11)8-23-16(25)14-12-6-3-10(17(19,20)21)7-13(12)24-15(14)22/h1-7,24H,8,22H2,(H,23,25). The first-order valence-electron chi connectivity index (χ1n) is 7.27. The van der Waals surface area contributed by atoms with Gasteiger partial charge in [-0.3, -0.25) is 4.79 Å². The predicted octanol–water partition coefficient (Wildman–Crippen LogP) is 3.84. The van der Waals surface area contributed by atoms with Crippen LogP contribution in [0.15, 0.2) is 42.5 Å². The number of carbonyl (C=O) groups is 1. The number of hydrogen-bond acceptors (Lipinski definition) is 2. The largest absolute Gasteiger partial charge is 0.416 e. The highest BCUT2D eigenvalue weighted by Crippen LogP contribution is 2.33. The quantitative estimate of drug-likeness (QED) is 0.628. The van der Waals surface area contributed by atoms with Gasteiger partial charge in [0.15, 0.2) is 0 Å². The molecular formula is C17H13F4N3O. The van der Waals surface area contributed by atoms with Gasteiger partial charge in [0, 0.05) is 17.4 Å². The number of fused-ring (bicyclic) bond motifs is 1. The second-order valence-corrected chi connectivity index (χ2v) is 5.48. The number of halogens is 4. The van der Waals surface area contributed by atoms with Gasteiger partial charge in [-0.25, -0.2) is 4.39 Å². The van der Waals surface area contributed by atoms with E-state index in [0.29, 0.717) is 10.9 Å². The van der Waals surface area contributed by atoms with E-state index in [1.165, 1.54) is 30.3 Å². The van der Waals surface area contributed by atoms with Crippen molar-refractivity contribution in [1.29, 1.82) is 0 Å². The van der Waals surface area contributed by atoms with Crippen LogP contribution in [-0.2, 0) is 12.7 Å². The zero-order valence-electron chi connectivity index (χ0n) is 12.7. The molecule has 130 valence electrons. The van der Waals surface area contributed by atoms with Crippen molar-refractivity contribution in [3.8, 4) is 0 Å². The molecule has 1 heterocycles. The molecule has 1 amide bonds. The SMILES string of the molecule is Nc1[nH]c2cc(C(F)(F)F)ccc2c1C(=O)NCc1ccc(F)cc1. The minimum Gasteiger partial charge on any atom is -0.385 e. The molecule has 0 bridgehead atoms. The van der Waals surface area contributed by atoms with E-state index in [4.69, 9.17) is 5.73 Å². The molecule has 0 saturated heterocycles. The molecule has 0 atom stereocenters. The van der Waals surface area contributed by atoms with E-state index in [1.807, 2.05) is 0 Å². The summed E-state index contributed by atoms with van der Waals surface area (Å²) in [6.07, 6.45) is -4.49. The Morgan fingerprint density at radius 3 is 2.44 bits per heavy atom. The fourth-order valence-electron chi connectivity index (χ4n) is 2.51. The van der Waals surface area contributed by atoms with Crippen LogP contribution in [0.5, 0.6) is 0 Å². The van der Waals surface area contributed by atoms with Crippen LogP contribution in [0.2, 0.25) is 0 Å². The lowest BCUT2D eigenvalue weighted by atomic mass is 10.1. The summed E-state index contributed by atoms with van der Waals surface area (Å²) in [5.41, 5.74) is 5.79. The van der Waals surface area contributed by atoms with Crippen LogP contribution in [0.1, 0.15) is 21.5 Å². The number of alkyl halides is 3. The molecule has 0 unspecified atom stereocenters. The molecule has 8 heteroatoms. The Labute approximate surface area is 139 Å². The molecule has 0 radical (unpaired) electrons. The van der Waals surface area contributed by atoms with E-state index < -0.39 is 23.5 Å². The molecule has 3 rings (SSSR count). The number of rotatable bonds is 3. The summed E-state index contributed by atoms with van der Waals surface area (Å²) in [5.74, 6) is -0.949. The Bertz CT molecular complexity index is 929. The molecule has 4 nitrogen and oxygen atoms in total. The van der Waals surface area contributed by atoms with Gasteiger partial charge >= 0.3 is 6.18 Å². The van der Waals surface area contributed by atoms with Gasteiger partial charge in [0.05, 0.1) is 11.1 Å². The molecular weight excluding hydrogens is 338 g/mol. The molecule has 25 heavy (non-hydrogen) atoms. The molecule has 1 aromatic heterocycles. The van der Waals surface area contributed by atoms with E-state index in [-0.39, 0.29) is 23.4 Å². The third-order valence-corrected chi connectivity index (χ3v) is 3.75. The number of nitrogens with two attached hydrogens (primary N) is 1. The summed E-state index contributed by atoms with van der Waals surface area (Å²) < 4.78 is 51.2. The van der Waals surface area contributed by atoms with Crippen molar-refractivity contribution >= 4 is 22.6 Å². The van der Waals surface area contributed by atoms with Gasteiger partial charge in [-0.15, -0.1) is 0 Å². The second kappa shape index (κ2) is 6.12. The molecule has 0 aliphatic heterocycles. The monoisotopic (exact) mass is 351 g/mol. The summed E-state index contributed by atoms with van der Waals surface area (Å²) in [7, 11) is 0. The van der Waals surface area contributed by atoms with Crippen molar-refractivity contribution in [1.82, 2.24) is 10.3 Å². The van der Waals surface area contributed by atoms with Crippen LogP contribution >= 0.6 is 0 Å². The fourth-order valence-corrected chi connectivity index (χ4v) is 2.51. The first kappa shape index (κ1) is 16.8. The Kier molecular flexibility index (Phi) is 4.12. The molecule has 0 saturated carbocycles. The van der Waals surface area contributed by atoms with Crippen LogP contribution in [0.4, 0.5) is 23.4 Å². The maximum atomic E-state index is 12.9. The summed E-state index contributed by atoms with van der Waals surface area (Å²) in [6, 6.07) is 8.57. The molecule has 3 aromatic rings. The summed E-state index contributed by atoms with van der Waals surface area (Å²) >= 11 is 0. The third-order valence-electron chi connectivity index (χ3n) is 3.75. The Morgan fingerprint density at radius 2 is 1.80 bits per heavy atom. The normalized spacial score (nSPS) is 11.7. The second-order valence-electron chi connectivity index (χ2n) is 5.48. The highest BCUT2D eigenvalue weighted by Gasteiger charge is 2.31. The van der Waals surface area contributed by atoms with Gasteiger partial charge in [-0.1, -0.05) is 18.2 Å². The van der Waals surface area contributed by atoms with E-state index >= 15 is 0 Å². The highest BCUT2D eigenvalue weighted by atomic mass is 19.4. The molecule has 0 aliphatic rings. The Morgan fingerprint density at radius 1 is 1.12 bits per heavy atom. The number of carbonyl (C=O) groups excluding carboxylic acids is 1. The lowest BCUT2D eigenvalue weighted by Gasteiger charge is -2.07. The lowest BCUT2D eigenvalue weighted by Crippen LogP contribution is -2.23. The minimum absolute atomic E-state index is 0.0223. The Hall–Kier alpha value is -3.03. The van der Waals surface area contributed by atoms with Crippen molar-refractivity contribution in [2.75, 3.05) is 5.73 Å². The summed E-state index contributed by atoms with van der Waals surface area (Å²) in [4.78, 5) is 14.9. The van der Waals surface area contributed by atoms with Gasteiger partial charge in [0.2, 0.25) is 0 Å². The summed E-state index contributed by atoms with van der Waals surface area (Å²) in [6.45, 7) is 0.131. The lowest BCUT2D eigenvalue weighted by molar-refractivity contribution is -0.137. The zero-order chi connectivity index (χ0) is 18.2. The van der Waals surface area contributed by atoms with Crippen molar-refractivity contribution in [2.24, 2.45) is 0 Å². The van der Waals surface area contributed by atoms with E-state index in [2.05, 4.69) is 10.3 Å². The van der Waals surface area contributed by atoms with Crippen LogP contribution in [0, 0.1) is 5.82 Å². The van der Waals surface area contributed by atoms with Gasteiger partial charge in [-0.2, -0.15) is 13.2 Å². The van der Waals surface area contributed by atoms with Crippen LogP contribution in [-0.4, -0.2) is 10.9 Å². The van der Waals surface area contributed by atoms with Crippen LogP contribution in [0.25, 0.3) is 10.9 Å². The minimum atomic E-state index is -4.49. The van der Waals surface area contributed by atoms with E-state index in [0.717, 1.165) is 12.1 Å². The Balaban J connectivity index is 1.86. The van der Waals surface area contributed by atoms with Gasteiger partial charge < -0.3 is 16.0 Å². The van der Waals surface area contributed by atoms with Crippen molar-refractivity contribution in [3.05, 3.63) is 65.0 Å². The van der Waals surface area contributed by atoms with Gasteiger partial charge in [0.1, 0.15) is 11.6 Å². The smallest absolute Gasteiger partial charge is 0.385 e. The van der Waals surface area contributed by atoms with E-state index in [1.54, 1.807) is 0 Å². The number of benzene rings is 2. The average Bonchev–Trinajstić information content (AvgIpc) is 2.88. The first-order chi connectivity index (χ1) is 11.8. The number of aromatic nitrogens is 1. The van der Waals surface area contributed by atoms with Crippen LogP contribution in [0.3, 0.4) is 0 Å². The first-order valence-corrected chi connectivity index (χ1v) is 7.27. The number of nitrogen functional groups attached to an aromatic ring is 1. The topological polar surface area (TPSA) is 70.9 Å². The highest BCUT2D eigenvalue weighted by molar-refractivity contribution is 6.11. The number of anilines is 1. The molecule has 0 spiro atoms. The number of H-pyrrole nitrogens is 1. The number of hydrogen-bond donors (Lipinski definition) is 3. The van der Waals surface area contributed by atoms with Crippen molar-refractivity contribution < 1.29 is 22.4 Å². The maximum absolute atomic E-state index is 12.9. The molecule has 4 N–H and O–H groups in total. The molecule has 2 aromatic carbocycles.